The highest BCUT2D eigenvalue weighted by molar-refractivity contribution is 5.14. The van der Waals surface area contributed by atoms with Gasteiger partial charge >= 0.3 is 0 Å². The van der Waals surface area contributed by atoms with E-state index in [1.165, 1.54) is 24.8 Å². The van der Waals surface area contributed by atoms with Crippen molar-refractivity contribution in [1.29, 1.82) is 0 Å². The third-order valence-corrected chi connectivity index (χ3v) is 3.45. The number of benzene rings is 1. The van der Waals surface area contributed by atoms with Crippen LogP contribution in [0.25, 0.3) is 0 Å². The summed E-state index contributed by atoms with van der Waals surface area (Å²) in [6.45, 7) is 0. The molecule has 1 aromatic rings. The summed E-state index contributed by atoms with van der Waals surface area (Å²) in [4.78, 5) is 0. The number of aliphatic hydroxyl groups excluding tert-OH is 1. The molecule has 1 heteroatoms. The monoisotopic (exact) mass is 218 g/mol. The molecule has 16 heavy (non-hydrogen) atoms. The van der Waals surface area contributed by atoms with Crippen LogP contribution in [0.3, 0.4) is 0 Å². The molecule has 0 amide bonds. The zero-order valence-electron chi connectivity index (χ0n) is 9.94. The molecule has 1 N–H and O–H groups in total. The predicted molar refractivity (Wildman–Crippen MR) is 67.3 cm³/mol. The fourth-order valence-electron chi connectivity index (χ4n) is 2.17. The second-order valence-electron chi connectivity index (χ2n) is 5.05. The van der Waals surface area contributed by atoms with Gasteiger partial charge in [0.1, 0.15) is 0 Å². The van der Waals surface area contributed by atoms with E-state index < -0.39 is 0 Å². The fraction of sp³-hybridized carbons (Fsp3) is 0.600. The van der Waals surface area contributed by atoms with Crippen molar-refractivity contribution in [2.45, 2.75) is 51.0 Å². The maximum atomic E-state index is 9.80. The maximum Gasteiger partial charge on any atom is 0.0540 e. The Balaban J connectivity index is 1.56. The van der Waals surface area contributed by atoms with Crippen molar-refractivity contribution >= 4 is 0 Å². The second kappa shape index (κ2) is 6.05. The summed E-state index contributed by atoms with van der Waals surface area (Å²) in [7, 11) is 0. The van der Waals surface area contributed by atoms with Gasteiger partial charge in [0.15, 0.2) is 0 Å². The van der Waals surface area contributed by atoms with Crippen molar-refractivity contribution in [1.82, 2.24) is 0 Å². The molecular weight excluding hydrogens is 196 g/mol. The van der Waals surface area contributed by atoms with E-state index in [2.05, 4.69) is 24.3 Å². The Kier molecular flexibility index (Phi) is 4.41. The lowest BCUT2D eigenvalue weighted by Crippen LogP contribution is -2.07. The SMILES string of the molecule is OC(CCCc1ccccc1)CCC1CC1. The Bertz CT molecular complexity index is 290. The molecule has 1 unspecified atom stereocenters. The Morgan fingerprint density at radius 1 is 1.12 bits per heavy atom. The van der Waals surface area contributed by atoms with E-state index in [4.69, 9.17) is 0 Å². The zero-order chi connectivity index (χ0) is 11.2. The van der Waals surface area contributed by atoms with Gasteiger partial charge in [-0.2, -0.15) is 0 Å². The first-order valence-corrected chi connectivity index (χ1v) is 6.56. The minimum atomic E-state index is -0.0655. The molecule has 1 fully saturated rings. The lowest BCUT2D eigenvalue weighted by atomic mass is 10.0. The average molecular weight is 218 g/mol. The largest absolute Gasteiger partial charge is 0.393 e. The summed E-state index contributed by atoms with van der Waals surface area (Å²) in [5.74, 6) is 0.948. The number of rotatable bonds is 7. The molecule has 1 aliphatic rings. The summed E-state index contributed by atoms with van der Waals surface area (Å²) in [5, 5.41) is 9.80. The van der Waals surface area contributed by atoms with Crippen LogP contribution >= 0.6 is 0 Å². The molecule has 1 aromatic carbocycles. The average Bonchev–Trinajstić information content (AvgIpc) is 3.12. The highest BCUT2D eigenvalue weighted by atomic mass is 16.3. The summed E-state index contributed by atoms with van der Waals surface area (Å²) in [6, 6.07) is 10.5. The van der Waals surface area contributed by atoms with E-state index in [-0.39, 0.29) is 6.10 Å². The fourth-order valence-corrected chi connectivity index (χ4v) is 2.17. The van der Waals surface area contributed by atoms with Gasteiger partial charge in [0.2, 0.25) is 0 Å². The first-order chi connectivity index (χ1) is 7.84. The maximum absolute atomic E-state index is 9.80. The molecule has 0 radical (unpaired) electrons. The van der Waals surface area contributed by atoms with E-state index in [1.54, 1.807) is 0 Å². The Labute approximate surface area is 98.5 Å². The molecule has 0 aliphatic heterocycles. The van der Waals surface area contributed by atoms with Gasteiger partial charge in [-0.05, 0) is 43.6 Å². The molecule has 88 valence electrons. The number of aryl methyl sites for hydroxylation is 1. The van der Waals surface area contributed by atoms with E-state index in [1.807, 2.05) is 6.07 Å². The molecule has 1 nitrogen and oxygen atoms in total. The molecule has 0 aromatic heterocycles. The highest BCUT2D eigenvalue weighted by Crippen LogP contribution is 2.34. The van der Waals surface area contributed by atoms with Crippen molar-refractivity contribution in [2.24, 2.45) is 5.92 Å². The van der Waals surface area contributed by atoms with E-state index in [0.29, 0.717) is 0 Å². The van der Waals surface area contributed by atoms with Gasteiger partial charge < -0.3 is 5.11 Å². The predicted octanol–water partition coefficient (Wildman–Crippen LogP) is 3.56. The summed E-state index contributed by atoms with van der Waals surface area (Å²) >= 11 is 0. The zero-order valence-corrected chi connectivity index (χ0v) is 9.94. The lowest BCUT2D eigenvalue weighted by Gasteiger charge is -2.09. The van der Waals surface area contributed by atoms with Gasteiger partial charge in [-0.25, -0.2) is 0 Å². The molecule has 1 atom stereocenters. The Morgan fingerprint density at radius 3 is 2.56 bits per heavy atom. The van der Waals surface area contributed by atoms with Crippen LogP contribution in [0.5, 0.6) is 0 Å². The molecule has 0 spiro atoms. The molecule has 0 heterocycles. The normalized spacial score (nSPS) is 17.3. The second-order valence-corrected chi connectivity index (χ2v) is 5.05. The summed E-state index contributed by atoms with van der Waals surface area (Å²) in [6.07, 6.45) is 8.16. The summed E-state index contributed by atoms with van der Waals surface area (Å²) < 4.78 is 0. The number of aliphatic hydroxyl groups is 1. The van der Waals surface area contributed by atoms with Crippen LogP contribution in [-0.2, 0) is 6.42 Å². The topological polar surface area (TPSA) is 20.2 Å². The molecule has 1 aliphatic carbocycles. The summed E-state index contributed by atoms with van der Waals surface area (Å²) in [5.41, 5.74) is 1.39. The van der Waals surface area contributed by atoms with Crippen molar-refractivity contribution in [3.05, 3.63) is 35.9 Å². The van der Waals surface area contributed by atoms with Gasteiger partial charge in [0.05, 0.1) is 6.10 Å². The highest BCUT2D eigenvalue weighted by Gasteiger charge is 2.21. The van der Waals surface area contributed by atoms with Crippen LogP contribution in [0.1, 0.15) is 44.1 Å². The first-order valence-electron chi connectivity index (χ1n) is 6.56. The lowest BCUT2D eigenvalue weighted by molar-refractivity contribution is 0.147. The Hall–Kier alpha value is -0.820. The smallest absolute Gasteiger partial charge is 0.0540 e. The van der Waals surface area contributed by atoms with Crippen molar-refractivity contribution < 1.29 is 5.11 Å². The van der Waals surface area contributed by atoms with Crippen LogP contribution in [0.2, 0.25) is 0 Å². The van der Waals surface area contributed by atoms with E-state index in [0.717, 1.165) is 31.6 Å². The van der Waals surface area contributed by atoms with Gasteiger partial charge in [-0.1, -0.05) is 43.2 Å². The standard InChI is InChI=1S/C15H22O/c16-15(12-11-14-9-10-14)8-4-7-13-5-2-1-3-6-13/h1-3,5-6,14-16H,4,7-12H2. The third kappa shape index (κ3) is 4.36. The van der Waals surface area contributed by atoms with E-state index >= 15 is 0 Å². The minimum absolute atomic E-state index is 0.0655. The number of hydrogen-bond donors (Lipinski definition) is 1. The molecule has 2 rings (SSSR count). The molecule has 0 saturated heterocycles. The van der Waals surface area contributed by atoms with Gasteiger partial charge in [0.25, 0.3) is 0 Å². The van der Waals surface area contributed by atoms with Crippen molar-refractivity contribution in [2.75, 3.05) is 0 Å². The van der Waals surface area contributed by atoms with Gasteiger partial charge in [0, 0.05) is 0 Å². The van der Waals surface area contributed by atoms with Crippen LogP contribution in [-0.4, -0.2) is 11.2 Å². The van der Waals surface area contributed by atoms with Crippen LogP contribution in [0.15, 0.2) is 30.3 Å². The van der Waals surface area contributed by atoms with Gasteiger partial charge in [-0.3, -0.25) is 0 Å². The quantitative estimate of drug-likeness (QED) is 0.742. The van der Waals surface area contributed by atoms with Crippen LogP contribution in [0.4, 0.5) is 0 Å². The van der Waals surface area contributed by atoms with Crippen LogP contribution < -0.4 is 0 Å². The van der Waals surface area contributed by atoms with E-state index in [9.17, 15) is 5.11 Å². The molecular formula is C15H22O. The molecule has 0 bridgehead atoms. The minimum Gasteiger partial charge on any atom is -0.393 e. The van der Waals surface area contributed by atoms with Crippen LogP contribution in [0, 0.1) is 5.92 Å². The van der Waals surface area contributed by atoms with Gasteiger partial charge in [-0.15, -0.1) is 0 Å². The molecule has 1 saturated carbocycles. The first kappa shape index (κ1) is 11.7. The van der Waals surface area contributed by atoms with Crippen molar-refractivity contribution in [3.8, 4) is 0 Å². The van der Waals surface area contributed by atoms with Crippen molar-refractivity contribution in [3.63, 3.8) is 0 Å². The third-order valence-electron chi connectivity index (χ3n) is 3.45. The number of hydrogen-bond acceptors (Lipinski definition) is 1. The Morgan fingerprint density at radius 2 is 1.88 bits per heavy atom.